The van der Waals surface area contributed by atoms with Gasteiger partial charge in [-0.2, -0.15) is 0 Å². The smallest absolute Gasteiger partial charge is 0.411 e. The van der Waals surface area contributed by atoms with Crippen molar-refractivity contribution in [3.8, 4) is 5.88 Å². The number of aliphatic imine (C=N–C) groups is 1. The normalized spacial score (nSPS) is 20.3. The molecule has 2 aromatic heterocycles. The van der Waals surface area contributed by atoms with Gasteiger partial charge in [-0.05, 0) is 77.5 Å². The predicted octanol–water partition coefficient (Wildman–Crippen LogP) is 5.46. The molecule has 2 amide bonds. The van der Waals surface area contributed by atoms with Gasteiger partial charge in [-0.1, -0.05) is 6.08 Å². The van der Waals surface area contributed by atoms with Crippen molar-refractivity contribution in [2.75, 3.05) is 0 Å². The van der Waals surface area contributed by atoms with Gasteiger partial charge in [0.05, 0.1) is 5.39 Å². The van der Waals surface area contributed by atoms with E-state index in [0.717, 1.165) is 48.0 Å². The fourth-order valence-electron chi connectivity index (χ4n) is 4.62. The number of aryl methyl sites for hydroxylation is 1. The second-order valence-corrected chi connectivity index (χ2v) is 10.9. The van der Waals surface area contributed by atoms with Gasteiger partial charge in [0.2, 0.25) is 11.8 Å². The maximum atomic E-state index is 12.0. The molecule has 0 bridgehead atoms. The molecule has 2 heterocycles. The number of hydrogen-bond acceptors (Lipinski definition) is 7. The summed E-state index contributed by atoms with van der Waals surface area (Å²) in [6.45, 7) is 8.88. The van der Waals surface area contributed by atoms with E-state index in [4.69, 9.17) is 9.47 Å². The van der Waals surface area contributed by atoms with Crippen molar-refractivity contribution >= 4 is 40.3 Å². The molecule has 0 aliphatic heterocycles. The molecule has 0 fully saturated rings. The van der Waals surface area contributed by atoms with E-state index in [0.29, 0.717) is 25.1 Å². The summed E-state index contributed by atoms with van der Waals surface area (Å²) < 4.78 is 11.7. The topological polar surface area (TPSA) is 103 Å². The number of nitrogens with zero attached hydrogens (tertiary/aromatic N) is 3. The number of carbonyl (C=O) groups is 2. The average Bonchev–Trinajstić information content (AvgIpc) is 3.17. The Morgan fingerprint density at radius 3 is 2.79 bits per heavy atom. The zero-order chi connectivity index (χ0) is 24.3. The van der Waals surface area contributed by atoms with Crippen LogP contribution in [0.2, 0.25) is 0 Å². The predicted molar refractivity (Wildman–Crippen MR) is 133 cm³/mol. The monoisotopic (exact) mass is 484 g/mol. The van der Waals surface area contributed by atoms with E-state index in [1.54, 1.807) is 17.7 Å². The molecule has 0 saturated heterocycles. The second kappa shape index (κ2) is 10.2. The van der Waals surface area contributed by atoms with Gasteiger partial charge in [0.15, 0.2) is 0 Å². The summed E-state index contributed by atoms with van der Waals surface area (Å²) in [5.41, 5.74) is 1.57. The fourth-order valence-corrected chi connectivity index (χ4v) is 5.88. The molecule has 2 aliphatic carbocycles. The van der Waals surface area contributed by atoms with E-state index in [-0.39, 0.29) is 17.9 Å². The lowest BCUT2D eigenvalue weighted by molar-refractivity contribution is -0.117. The van der Waals surface area contributed by atoms with Crippen LogP contribution in [0.4, 0.5) is 4.79 Å². The van der Waals surface area contributed by atoms with Crippen molar-refractivity contribution in [3.05, 3.63) is 28.5 Å². The van der Waals surface area contributed by atoms with E-state index >= 15 is 0 Å². The first-order valence-corrected chi connectivity index (χ1v) is 12.7. The van der Waals surface area contributed by atoms with E-state index in [9.17, 15) is 9.59 Å². The van der Waals surface area contributed by atoms with Crippen LogP contribution in [0.15, 0.2) is 23.1 Å². The molecular formula is C25H32N4O4S. The second-order valence-electron chi connectivity index (χ2n) is 9.85. The summed E-state index contributed by atoms with van der Waals surface area (Å²) in [6, 6.07) is 0. The molecule has 4 rings (SSSR count). The SMILES string of the molecule is C=NC(=O)CCC1CCCc2sc3ncnc(OC4CC=C(NC(=O)OC(C)(C)C)CC4)c3c21. The van der Waals surface area contributed by atoms with E-state index < -0.39 is 11.7 Å². The van der Waals surface area contributed by atoms with Crippen LogP contribution in [-0.2, 0) is 16.0 Å². The third-order valence-corrected chi connectivity index (χ3v) is 7.29. The highest BCUT2D eigenvalue weighted by molar-refractivity contribution is 7.18. The molecule has 0 aromatic carbocycles. The van der Waals surface area contributed by atoms with Crippen LogP contribution < -0.4 is 10.1 Å². The summed E-state index contributed by atoms with van der Waals surface area (Å²) >= 11 is 1.71. The van der Waals surface area contributed by atoms with Gasteiger partial charge < -0.3 is 9.47 Å². The lowest BCUT2D eigenvalue weighted by Crippen LogP contribution is -2.33. The summed E-state index contributed by atoms with van der Waals surface area (Å²) in [5.74, 6) is 0.723. The molecule has 2 aromatic rings. The fraction of sp³-hybridized carbons (Fsp3) is 0.560. The largest absolute Gasteiger partial charge is 0.473 e. The first-order chi connectivity index (χ1) is 16.2. The summed E-state index contributed by atoms with van der Waals surface area (Å²) in [4.78, 5) is 38.6. The van der Waals surface area contributed by atoms with Crippen molar-refractivity contribution in [1.82, 2.24) is 15.3 Å². The zero-order valence-electron chi connectivity index (χ0n) is 20.1. The van der Waals surface area contributed by atoms with Crippen molar-refractivity contribution in [3.63, 3.8) is 0 Å². The molecule has 2 aliphatic rings. The van der Waals surface area contributed by atoms with Gasteiger partial charge >= 0.3 is 6.09 Å². The Kier molecular flexibility index (Phi) is 7.30. The number of nitrogens with one attached hydrogen (secondary N) is 1. The number of thiophene rings is 1. The molecule has 182 valence electrons. The maximum absolute atomic E-state index is 12.0. The average molecular weight is 485 g/mol. The van der Waals surface area contributed by atoms with Crippen LogP contribution >= 0.6 is 11.3 Å². The van der Waals surface area contributed by atoms with Crippen LogP contribution in [0.1, 0.15) is 82.1 Å². The highest BCUT2D eigenvalue weighted by atomic mass is 32.1. The Labute approximate surface area is 203 Å². The number of carbonyl (C=O) groups excluding carboxylic acids is 2. The van der Waals surface area contributed by atoms with Crippen LogP contribution in [0.25, 0.3) is 10.2 Å². The Morgan fingerprint density at radius 2 is 2.09 bits per heavy atom. The molecule has 8 nitrogen and oxygen atoms in total. The summed E-state index contributed by atoms with van der Waals surface area (Å²) in [5, 5.41) is 3.83. The van der Waals surface area contributed by atoms with E-state index in [1.165, 1.54) is 10.4 Å². The zero-order valence-corrected chi connectivity index (χ0v) is 20.9. The Morgan fingerprint density at radius 1 is 1.26 bits per heavy atom. The standard InChI is InChI=1S/C25H32N4O4S/c1-25(2,3)33-24(31)29-16-9-11-17(12-10-16)32-22-21-20-15(8-13-19(30)26-4)6-5-7-18(20)34-23(21)28-14-27-22/h9,14-15,17H,4-8,10-13H2,1-3H3,(H,29,31). The van der Waals surface area contributed by atoms with Gasteiger partial charge in [-0.25, -0.2) is 19.8 Å². The molecular weight excluding hydrogens is 452 g/mol. The van der Waals surface area contributed by atoms with E-state index in [2.05, 4.69) is 27.0 Å². The minimum atomic E-state index is -0.531. The van der Waals surface area contributed by atoms with Crippen LogP contribution in [0.3, 0.4) is 0 Å². The minimum Gasteiger partial charge on any atom is -0.473 e. The van der Waals surface area contributed by atoms with Gasteiger partial charge in [0.1, 0.15) is 22.9 Å². The van der Waals surface area contributed by atoms with Crippen LogP contribution in [0.5, 0.6) is 5.88 Å². The number of rotatable bonds is 6. The first-order valence-electron chi connectivity index (χ1n) is 11.8. The summed E-state index contributed by atoms with van der Waals surface area (Å²) in [7, 11) is 0. The van der Waals surface area contributed by atoms with Crippen LogP contribution in [0, 0.1) is 0 Å². The van der Waals surface area contributed by atoms with Crippen molar-refractivity contribution in [2.45, 2.75) is 89.8 Å². The van der Waals surface area contributed by atoms with Crippen LogP contribution in [-0.4, -0.2) is 40.4 Å². The molecule has 0 saturated carbocycles. The Balaban J connectivity index is 1.49. The number of ether oxygens (including phenoxy) is 2. The van der Waals surface area contributed by atoms with Crippen molar-refractivity contribution < 1.29 is 19.1 Å². The van der Waals surface area contributed by atoms with Gasteiger partial charge in [0.25, 0.3) is 0 Å². The number of fused-ring (bicyclic) bond motifs is 3. The van der Waals surface area contributed by atoms with Gasteiger partial charge in [-0.15, -0.1) is 11.3 Å². The molecule has 2 unspecified atom stereocenters. The number of allylic oxidation sites excluding steroid dienone is 1. The number of amides is 2. The highest BCUT2D eigenvalue weighted by Crippen LogP contribution is 2.46. The van der Waals surface area contributed by atoms with E-state index in [1.807, 2.05) is 26.8 Å². The third kappa shape index (κ3) is 5.81. The van der Waals surface area contributed by atoms with Crippen molar-refractivity contribution in [1.29, 1.82) is 0 Å². The minimum absolute atomic E-state index is 0.0357. The quantitative estimate of drug-likeness (QED) is 0.546. The number of alkyl carbamates (subject to hydrolysis) is 1. The third-order valence-electron chi connectivity index (χ3n) is 6.12. The van der Waals surface area contributed by atoms with Gasteiger partial charge in [-0.3, -0.25) is 10.1 Å². The molecule has 9 heteroatoms. The molecule has 0 radical (unpaired) electrons. The number of aromatic nitrogens is 2. The van der Waals surface area contributed by atoms with Gasteiger partial charge in [0, 0.05) is 23.4 Å². The van der Waals surface area contributed by atoms with Crippen molar-refractivity contribution in [2.24, 2.45) is 4.99 Å². The molecule has 1 N–H and O–H groups in total. The highest BCUT2D eigenvalue weighted by Gasteiger charge is 2.29. The Bertz CT molecular complexity index is 1120. The molecule has 2 atom stereocenters. The number of hydrogen-bond donors (Lipinski definition) is 1. The summed E-state index contributed by atoms with van der Waals surface area (Å²) in [6.07, 6.45) is 9.52. The lowest BCUT2D eigenvalue weighted by atomic mass is 9.83. The molecule has 34 heavy (non-hydrogen) atoms. The first kappa shape index (κ1) is 24.3. The lowest BCUT2D eigenvalue weighted by Gasteiger charge is -2.26. The maximum Gasteiger partial charge on any atom is 0.411 e. The Hall–Kier alpha value is -2.81. The molecule has 0 spiro atoms.